The molecule has 0 aliphatic carbocycles. The molecule has 2 aromatic rings. The summed E-state index contributed by atoms with van der Waals surface area (Å²) in [4.78, 5) is 23.9. The Bertz CT molecular complexity index is 1020. The molecule has 2 amide bonds. The molecule has 34 heavy (non-hydrogen) atoms. The average molecular weight is 479 g/mol. The van der Waals surface area contributed by atoms with Gasteiger partial charge in [0.2, 0.25) is 11.8 Å². The highest BCUT2D eigenvalue weighted by atomic mass is 16.5. The summed E-state index contributed by atoms with van der Waals surface area (Å²) < 4.78 is 10.7. The summed E-state index contributed by atoms with van der Waals surface area (Å²) in [7, 11) is 1.57. The van der Waals surface area contributed by atoms with Crippen LogP contribution in [0.3, 0.4) is 0 Å². The lowest BCUT2D eigenvalue weighted by Gasteiger charge is -2.20. The predicted octanol–water partition coefficient (Wildman–Crippen LogP) is 5.80. The molecule has 7 nitrogen and oxygen atoms in total. The van der Waals surface area contributed by atoms with Gasteiger partial charge >= 0.3 is 0 Å². The van der Waals surface area contributed by atoms with E-state index in [0.29, 0.717) is 24.5 Å². The van der Waals surface area contributed by atoms with Crippen molar-refractivity contribution in [3.8, 4) is 11.5 Å². The second-order valence-corrected chi connectivity index (χ2v) is 10.2. The molecule has 0 spiro atoms. The number of fused-ring (bicyclic) bond motifs is 1. The van der Waals surface area contributed by atoms with Crippen LogP contribution in [0, 0.1) is 10.8 Å². The van der Waals surface area contributed by atoms with Crippen LogP contribution in [-0.2, 0) is 22.4 Å². The van der Waals surface area contributed by atoms with Crippen LogP contribution in [0.1, 0.15) is 58.4 Å². The van der Waals surface area contributed by atoms with E-state index in [1.807, 2.05) is 77.9 Å². The molecule has 0 saturated heterocycles. The van der Waals surface area contributed by atoms with Crippen LogP contribution < -0.4 is 20.1 Å². The molecule has 0 fully saturated rings. The topological polar surface area (TPSA) is 96.9 Å². The van der Waals surface area contributed by atoms with E-state index in [0.717, 1.165) is 29.0 Å². The van der Waals surface area contributed by atoms with Gasteiger partial charge in [0, 0.05) is 58.5 Å². The molecule has 1 aliphatic heterocycles. The molecule has 1 aliphatic rings. The van der Waals surface area contributed by atoms with E-state index < -0.39 is 5.41 Å². The van der Waals surface area contributed by atoms with Crippen molar-refractivity contribution >= 4 is 23.2 Å². The molecule has 2 aromatic carbocycles. The van der Waals surface area contributed by atoms with Crippen molar-refractivity contribution in [2.45, 2.75) is 54.4 Å². The third kappa shape index (κ3) is 7.22. The lowest BCUT2D eigenvalue weighted by molar-refractivity contribution is -0.123. The molecule has 0 bridgehead atoms. The third-order valence-electron chi connectivity index (χ3n) is 5.32. The van der Waals surface area contributed by atoms with Gasteiger partial charge in [-0.3, -0.25) is 9.59 Å². The first-order chi connectivity index (χ1) is 15.9. The van der Waals surface area contributed by atoms with Gasteiger partial charge in [-0.05, 0) is 24.3 Å². The van der Waals surface area contributed by atoms with E-state index in [9.17, 15) is 9.59 Å². The standard InChI is InChI=1S/C14H21NO3.C13H17NO2.4H2/c1-14(2,3)13(17)15-11-6-5-7-12(18-4)10(11)8-9-16;1-13(2,3)12(15)14-10-5-4-6-11-9(10)7-8-16-11;;;;/h5-7,16H,8-9H2,1-4H3,(H,15,17);4-6H,7-8H2,1-3H3,(H,14,15);4*1H. The Kier molecular flexibility index (Phi) is 9.10. The van der Waals surface area contributed by atoms with Crippen molar-refractivity contribution in [1.29, 1.82) is 0 Å². The molecule has 3 N–H and O–H groups in total. The average Bonchev–Trinajstić information content (AvgIpc) is 3.24. The van der Waals surface area contributed by atoms with Gasteiger partial charge in [0.25, 0.3) is 0 Å². The molecule has 0 aromatic heterocycles. The molecular formula is C27H46N2O5. The fourth-order valence-electron chi connectivity index (χ4n) is 3.20. The normalized spacial score (nSPS) is 12.6. The first-order valence-corrected chi connectivity index (χ1v) is 11.5. The summed E-state index contributed by atoms with van der Waals surface area (Å²) >= 11 is 0. The van der Waals surface area contributed by atoms with E-state index in [-0.39, 0.29) is 29.5 Å². The quantitative estimate of drug-likeness (QED) is 0.504. The number of ether oxygens (including phenoxy) is 2. The zero-order valence-corrected chi connectivity index (χ0v) is 21.4. The first kappa shape index (κ1) is 27.2. The third-order valence-corrected chi connectivity index (χ3v) is 5.32. The Morgan fingerprint density at radius 1 is 0.971 bits per heavy atom. The van der Waals surface area contributed by atoms with Crippen molar-refractivity contribution < 1.29 is 29.9 Å². The maximum absolute atomic E-state index is 12.0. The Labute approximate surface area is 208 Å². The fourth-order valence-corrected chi connectivity index (χ4v) is 3.20. The predicted molar refractivity (Wildman–Crippen MR) is 144 cm³/mol. The fraction of sp³-hybridized carbons (Fsp3) is 0.481. The van der Waals surface area contributed by atoms with Gasteiger partial charge in [0.15, 0.2) is 0 Å². The lowest BCUT2D eigenvalue weighted by atomic mass is 9.95. The first-order valence-electron chi connectivity index (χ1n) is 11.5. The van der Waals surface area contributed by atoms with Crippen molar-refractivity contribution in [2.75, 3.05) is 31.0 Å². The number of hydrogen-bond acceptors (Lipinski definition) is 5. The smallest absolute Gasteiger partial charge is 0.229 e. The Morgan fingerprint density at radius 2 is 1.53 bits per heavy atom. The minimum absolute atomic E-state index is 0. The summed E-state index contributed by atoms with van der Waals surface area (Å²) in [6, 6.07) is 11.2. The second-order valence-electron chi connectivity index (χ2n) is 10.2. The number of carbonyl (C=O) groups is 2. The molecule has 1 heterocycles. The Morgan fingerprint density at radius 3 is 2.09 bits per heavy atom. The van der Waals surface area contributed by atoms with E-state index in [2.05, 4.69) is 10.6 Å². The van der Waals surface area contributed by atoms with Gasteiger partial charge in [0.05, 0.1) is 13.7 Å². The molecule has 0 unspecified atom stereocenters. The zero-order chi connectivity index (χ0) is 25.5. The van der Waals surface area contributed by atoms with Crippen molar-refractivity contribution in [1.82, 2.24) is 0 Å². The van der Waals surface area contributed by atoms with Crippen molar-refractivity contribution in [3.63, 3.8) is 0 Å². The molecule has 194 valence electrons. The number of benzene rings is 2. The SMILES string of the molecule is CC(C)(C)C(=O)Nc1cccc2c1CCO2.COc1cccc(NC(=O)C(C)(C)C)c1CCO.[HH].[HH].[HH].[HH]. The van der Waals surface area contributed by atoms with E-state index in [1.54, 1.807) is 7.11 Å². The molecule has 0 radical (unpaired) electrons. The summed E-state index contributed by atoms with van der Waals surface area (Å²) in [5, 5.41) is 14.9. The van der Waals surface area contributed by atoms with E-state index in [4.69, 9.17) is 14.6 Å². The second kappa shape index (κ2) is 11.4. The van der Waals surface area contributed by atoms with Crippen molar-refractivity contribution in [3.05, 3.63) is 47.5 Å². The monoisotopic (exact) mass is 478 g/mol. The van der Waals surface area contributed by atoms with Crippen LogP contribution in [0.4, 0.5) is 11.4 Å². The lowest BCUT2D eigenvalue weighted by Crippen LogP contribution is -2.28. The number of anilines is 2. The van der Waals surface area contributed by atoms with Gasteiger partial charge in [-0.25, -0.2) is 0 Å². The molecular weight excluding hydrogens is 432 g/mol. The van der Waals surface area contributed by atoms with Gasteiger partial charge < -0.3 is 25.2 Å². The number of rotatable bonds is 5. The maximum Gasteiger partial charge on any atom is 0.229 e. The minimum atomic E-state index is -0.459. The largest absolute Gasteiger partial charge is 0.496 e. The Balaban J connectivity index is -0.000000585. The number of nitrogens with one attached hydrogen (secondary N) is 2. The van der Waals surface area contributed by atoms with Gasteiger partial charge in [-0.1, -0.05) is 53.7 Å². The van der Waals surface area contributed by atoms with Crippen LogP contribution in [0.5, 0.6) is 11.5 Å². The van der Waals surface area contributed by atoms with Gasteiger partial charge in [-0.15, -0.1) is 0 Å². The number of aliphatic hydroxyl groups is 1. The minimum Gasteiger partial charge on any atom is -0.496 e. The zero-order valence-electron chi connectivity index (χ0n) is 21.4. The molecule has 3 rings (SSSR count). The van der Waals surface area contributed by atoms with E-state index in [1.165, 1.54) is 0 Å². The van der Waals surface area contributed by atoms with Crippen LogP contribution in [0.2, 0.25) is 0 Å². The van der Waals surface area contributed by atoms with Crippen LogP contribution in [-0.4, -0.2) is 37.2 Å². The van der Waals surface area contributed by atoms with Gasteiger partial charge in [-0.2, -0.15) is 0 Å². The molecule has 7 heteroatoms. The van der Waals surface area contributed by atoms with Crippen LogP contribution >= 0.6 is 0 Å². The number of carbonyl (C=O) groups excluding carboxylic acids is 2. The number of aliphatic hydroxyl groups excluding tert-OH is 1. The Hall–Kier alpha value is -3.06. The highest BCUT2D eigenvalue weighted by molar-refractivity contribution is 5.96. The van der Waals surface area contributed by atoms with E-state index >= 15 is 0 Å². The maximum atomic E-state index is 12.0. The summed E-state index contributed by atoms with van der Waals surface area (Å²) in [5.41, 5.74) is 2.68. The van der Waals surface area contributed by atoms with Crippen LogP contribution in [0.15, 0.2) is 36.4 Å². The summed E-state index contributed by atoms with van der Waals surface area (Å²) in [6.45, 7) is 12.0. The van der Waals surface area contributed by atoms with Crippen LogP contribution in [0.25, 0.3) is 0 Å². The highest BCUT2D eigenvalue weighted by Crippen LogP contribution is 2.32. The highest BCUT2D eigenvalue weighted by Gasteiger charge is 2.24. The molecule has 0 atom stereocenters. The molecule has 0 saturated carbocycles. The number of methoxy groups -OCH3 is 1. The number of hydrogen-bond donors (Lipinski definition) is 3. The van der Waals surface area contributed by atoms with Crippen molar-refractivity contribution in [2.24, 2.45) is 10.8 Å². The summed E-state index contributed by atoms with van der Waals surface area (Å²) in [6.07, 6.45) is 1.32. The van der Waals surface area contributed by atoms with Gasteiger partial charge in [0.1, 0.15) is 11.5 Å². The summed E-state index contributed by atoms with van der Waals surface area (Å²) in [5.74, 6) is 1.55. The number of amides is 2.